The predicted octanol–water partition coefficient (Wildman–Crippen LogP) is 8.72. The van der Waals surface area contributed by atoms with E-state index in [2.05, 4.69) is 143 Å². The van der Waals surface area contributed by atoms with Crippen molar-refractivity contribution in [2.45, 2.75) is 6.92 Å². The van der Waals surface area contributed by atoms with Crippen LogP contribution in [0.15, 0.2) is 127 Å². The molecule has 4 nitrogen and oxygen atoms in total. The predicted molar refractivity (Wildman–Crippen MR) is 165 cm³/mol. The Morgan fingerprint density at radius 1 is 0.333 bits per heavy atom. The van der Waals surface area contributed by atoms with E-state index < -0.39 is 0 Å². The molecule has 4 heteroatoms. The van der Waals surface area contributed by atoms with Crippen molar-refractivity contribution in [2.75, 3.05) is 21.3 Å². The molecular formula is C35H28N4. The Bertz CT molecular complexity index is 1730. The maximum Gasteiger partial charge on any atom is 0.0703 e. The molecule has 5 aromatic carbocycles. The first-order valence-corrected chi connectivity index (χ1v) is 13.2. The van der Waals surface area contributed by atoms with Gasteiger partial charge in [-0.25, -0.2) is 0 Å². The van der Waals surface area contributed by atoms with Crippen molar-refractivity contribution in [3.05, 3.63) is 155 Å². The van der Waals surface area contributed by atoms with Crippen LogP contribution in [-0.4, -0.2) is 0 Å². The molecule has 0 atom stereocenters. The van der Waals surface area contributed by atoms with Crippen LogP contribution in [0.4, 0.5) is 22.7 Å². The number of anilines is 4. The maximum atomic E-state index is 3.71. The molecule has 0 aromatic heterocycles. The fourth-order valence-electron chi connectivity index (χ4n) is 5.24. The topological polar surface area (TPSA) is 48.1 Å². The van der Waals surface area contributed by atoms with Gasteiger partial charge >= 0.3 is 0 Å². The van der Waals surface area contributed by atoms with Crippen molar-refractivity contribution in [1.82, 2.24) is 0 Å². The summed E-state index contributed by atoms with van der Waals surface area (Å²) in [5.41, 5.74) is 14.3. The fraction of sp³-hybridized carbons (Fsp3) is 0.0286. The largest absolute Gasteiger partial charge is 0.352 e. The minimum Gasteiger partial charge on any atom is -0.352 e. The molecule has 5 aromatic rings. The Balaban J connectivity index is 1.31. The van der Waals surface area contributed by atoms with Crippen LogP contribution >= 0.6 is 0 Å². The number of rotatable bonds is 4. The van der Waals surface area contributed by atoms with Crippen LogP contribution in [-0.2, 0) is 0 Å². The standard InChI is InChI=1S/C35H28N4/c1-23-16-21-30-31(22-23)39-33(25-12-6-3-7-13-25)35(38-30)27-19-17-26(18-20-27)34-32(24-10-4-2-5-11-24)36-28-14-8-9-15-29(28)37-34/h2-22,36-39H,1H3. The molecule has 2 aliphatic heterocycles. The van der Waals surface area contributed by atoms with Gasteiger partial charge in [0.25, 0.3) is 0 Å². The molecule has 7 rings (SSSR count). The number of hydrogen-bond acceptors (Lipinski definition) is 4. The molecule has 0 radical (unpaired) electrons. The number of para-hydroxylation sites is 2. The lowest BCUT2D eigenvalue weighted by molar-refractivity contribution is 1.39. The van der Waals surface area contributed by atoms with E-state index >= 15 is 0 Å². The monoisotopic (exact) mass is 504 g/mol. The summed E-state index contributed by atoms with van der Waals surface area (Å²) in [6, 6.07) is 44.5. The first kappa shape index (κ1) is 22.9. The zero-order chi connectivity index (χ0) is 26.2. The zero-order valence-electron chi connectivity index (χ0n) is 21.6. The number of benzene rings is 5. The minimum atomic E-state index is 1.05. The van der Waals surface area contributed by atoms with Gasteiger partial charge in [-0.1, -0.05) is 103 Å². The van der Waals surface area contributed by atoms with Gasteiger partial charge in [-0.05, 0) is 36.8 Å². The normalized spacial score (nSPS) is 13.9. The zero-order valence-corrected chi connectivity index (χ0v) is 21.6. The summed E-state index contributed by atoms with van der Waals surface area (Å²) in [6.45, 7) is 2.12. The molecular weight excluding hydrogens is 476 g/mol. The smallest absolute Gasteiger partial charge is 0.0703 e. The molecule has 188 valence electrons. The van der Waals surface area contributed by atoms with E-state index in [0.29, 0.717) is 0 Å². The summed E-state index contributed by atoms with van der Waals surface area (Å²) in [5.74, 6) is 0. The Labute approximate surface area is 228 Å². The van der Waals surface area contributed by atoms with Gasteiger partial charge in [-0.2, -0.15) is 0 Å². The van der Waals surface area contributed by atoms with Crippen molar-refractivity contribution in [2.24, 2.45) is 0 Å². The Hall–Kier alpha value is -5.22. The number of hydrogen-bond donors (Lipinski definition) is 4. The average molecular weight is 505 g/mol. The molecule has 4 N–H and O–H groups in total. The highest BCUT2D eigenvalue weighted by Gasteiger charge is 2.22. The lowest BCUT2D eigenvalue weighted by Gasteiger charge is -2.28. The van der Waals surface area contributed by atoms with Crippen molar-refractivity contribution in [1.29, 1.82) is 0 Å². The Kier molecular flexibility index (Phi) is 5.64. The highest BCUT2D eigenvalue weighted by atomic mass is 15.1. The van der Waals surface area contributed by atoms with Crippen LogP contribution < -0.4 is 21.3 Å². The van der Waals surface area contributed by atoms with E-state index in [1.54, 1.807) is 0 Å². The van der Waals surface area contributed by atoms with Crippen LogP contribution in [0.2, 0.25) is 0 Å². The van der Waals surface area contributed by atoms with E-state index in [9.17, 15) is 0 Å². The van der Waals surface area contributed by atoms with Crippen LogP contribution in [0.3, 0.4) is 0 Å². The highest BCUT2D eigenvalue weighted by molar-refractivity contribution is 6.07. The lowest BCUT2D eigenvalue weighted by Crippen LogP contribution is -2.16. The van der Waals surface area contributed by atoms with Gasteiger partial charge < -0.3 is 21.3 Å². The van der Waals surface area contributed by atoms with Crippen molar-refractivity contribution in [3.8, 4) is 0 Å². The number of nitrogens with one attached hydrogen (secondary N) is 4. The van der Waals surface area contributed by atoms with Crippen molar-refractivity contribution in [3.63, 3.8) is 0 Å². The van der Waals surface area contributed by atoms with Gasteiger partial charge in [0.2, 0.25) is 0 Å². The third-order valence-corrected chi connectivity index (χ3v) is 7.23. The second kappa shape index (κ2) is 9.58. The van der Waals surface area contributed by atoms with E-state index in [0.717, 1.165) is 67.8 Å². The summed E-state index contributed by atoms with van der Waals surface area (Å²) in [6.07, 6.45) is 0. The lowest BCUT2D eigenvalue weighted by atomic mass is 9.97. The molecule has 0 aliphatic carbocycles. The Morgan fingerprint density at radius 2 is 0.692 bits per heavy atom. The fourth-order valence-corrected chi connectivity index (χ4v) is 5.24. The first-order valence-electron chi connectivity index (χ1n) is 13.2. The summed E-state index contributed by atoms with van der Waals surface area (Å²) in [5, 5.41) is 14.8. The van der Waals surface area contributed by atoms with Crippen LogP contribution in [0.1, 0.15) is 27.8 Å². The number of fused-ring (bicyclic) bond motifs is 2. The summed E-state index contributed by atoms with van der Waals surface area (Å²) in [7, 11) is 0. The molecule has 0 saturated heterocycles. The molecule has 0 unspecified atom stereocenters. The molecule has 2 aliphatic rings. The van der Waals surface area contributed by atoms with Gasteiger partial charge in [-0.15, -0.1) is 0 Å². The SMILES string of the molecule is Cc1ccc2c(c1)NC(c1ccccc1)=C(c1ccc(C3=C(c4ccccc4)Nc4ccccc4N3)cc1)N2. The van der Waals surface area contributed by atoms with Crippen LogP contribution in [0.5, 0.6) is 0 Å². The molecule has 0 spiro atoms. The highest BCUT2D eigenvalue weighted by Crippen LogP contribution is 2.40. The summed E-state index contributed by atoms with van der Waals surface area (Å²) < 4.78 is 0. The molecule has 0 amide bonds. The second-order valence-corrected chi connectivity index (χ2v) is 9.90. The van der Waals surface area contributed by atoms with E-state index in [-0.39, 0.29) is 0 Å². The maximum absolute atomic E-state index is 3.71. The van der Waals surface area contributed by atoms with Gasteiger partial charge in [0.1, 0.15) is 0 Å². The quantitative estimate of drug-likeness (QED) is 0.198. The van der Waals surface area contributed by atoms with E-state index in [1.165, 1.54) is 5.56 Å². The van der Waals surface area contributed by atoms with E-state index in [1.807, 2.05) is 12.1 Å². The Morgan fingerprint density at radius 3 is 1.15 bits per heavy atom. The van der Waals surface area contributed by atoms with Gasteiger partial charge in [0, 0.05) is 22.3 Å². The van der Waals surface area contributed by atoms with Crippen LogP contribution in [0.25, 0.3) is 22.8 Å². The van der Waals surface area contributed by atoms with Crippen LogP contribution in [0, 0.1) is 6.92 Å². The summed E-state index contributed by atoms with van der Waals surface area (Å²) in [4.78, 5) is 0. The molecule has 2 heterocycles. The minimum absolute atomic E-state index is 1.05. The first-order chi connectivity index (χ1) is 19.2. The number of aryl methyl sites for hydroxylation is 1. The second-order valence-electron chi connectivity index (χ2n) is 9.90. The van der Waals surface area contributed by atoms with Gasteiger partial charge in [0.15, 0.2) is 0 Å². The van der Waals surface area contributed by atoms with E-state index in [4.69, 9.17) is 0 Å². The van der Waals surface area contributed by atoms with Crippen molar-refractivity contribution < 1.29 is 0 Å². The summed E-state index contributed by atoms with van der Waals surface area (Å²) >= 11 is 0. The molecule has 0 bridgehead atoms. The van der Waals surface area contributed by atoms with Gasteiger partial charge in [0.05, 0.1) is 45.5 Å². The molecule has 0 fully saturated rings. The molecule has 39 heavy (non-hydrogen) atoms. The third kappa shape index (κ3) is 4.32. The van der Waals surface area contributed by atoms with Crippen molar-refractivity contribution >= 4 is 45.5 Å². The van der Waals surface area contributed by atoms with Gasteiger partial charge in [-0.3, -0.25) is 0 Å². The third-order valence-electron chi connectivity index (χ3n) is 7.23. The average Bonchev–Trinajstić information content (AvgIpc) is 3.01. The molecule has 0 saturated carbocycles.